The van der Waals surface area contributed by atoms with E-state index in [9.17, 15) is 4.79 Å². The van der Waals surface area contributed by atoms with Gasteiger partial charge in [0.2, 0.25) is 0 Å². The number of alkyl carbamates (subject to hydrolysis) is 1. The molecule has 1 aliphatic carbocycles. The van der Waals surface area contributed by atoms with Gasteiger partial charge in [0, 0.05) is 23.5 Å². The van der Waals surface area contributed by atoms with Gasteiger partial charge in [-0.25, -0.2) is 4.79 Å². The predicted octanol–water partition coefficient (Wildman–Crippen LogP) is 2.64. The maximum Gasteiger partial charge on any atom is 0.407 e. The number of hydrogen-bond acceptors (Lipinski definition) is 3. The summed E-state index contributed by atoms with van der Waals surface area (Å²) in [6.07, 6.45) is 1.00. The molecule has 5 heteroatoms. The third-order valence-corrected chi connectivity index (χ3v) is 3.72. The average molecular weight is 283 g/mol. The van der Waals surface area contributed by atoms with Gasteiger partial charge in [0.25, 0.3) is 0 Å². The van der Waals surface area contributed by atoms with Crippen molar-refractivity contribution >= 4 is 17.0 Å². The van der Waals surface area contributed by atoms with E-state index in [1.807, 2.05) is 32.0 Å². The summed E-state index contributed by atoms with van der Waals surface area (Å²) in [5, 5.41) is 13.1. The Bertz CT molecular complexity index is 740. The van der Waals surface area contributed by atoms with Crippen molar-refractivity contribution in [2.45, 2.75) is 38.8 Å². The standard InChI is InChI=1S/C16H17N3O2/c1-9(2)21-16(20)18-11-6-13-12-5-3-4-10(8-17)15(12)19-14(13)7-11/h3-5,9,11,19H,6-7H2,1-2H3,(H,18,20). The van der Waals surface area contributed by atoms with Crippen molar-refractivity contribution in [3.8, 4) is 6.07 Å². The second-order valence-corrected chi connectivity index (χ2v) is 5.63. The number of nitrogens with zero attached hydrogens (tertiary/aromatic N) is 1. The van der Waals surface area contributed by atoms with Crippen molar-refractivity contribution in [1.82, 2.24) is 10.3 Å². The van der Waals surface area contributed by atoms with Crippen molar-refractivity contribution in [3.05, 3.63) is 35.0 Å². The Kier molecular flexibility index (Phi) is 3.30. The van der Waals surface area contributed by atoms with E-state index in [1.54, 1.807) is 0 Å². The van der Waals surface area contributed by atoms with Crippen LogP contribution in [-0.4, -0.2) is 23.2 Å². The average Bonchev–Trinajstić information content (AvgIpc) is 2.94. The van der Waals surface area contributed by atoms with Crippen LogP contribution in [-0.2, 0) is 17.6 Å². The fourth-order valence-electron chi connectivity index (χ4n) is 2.91. The number of fused-ring (bicyclic) bond motifs is 3. The van der Waals surface area contributed by atoms with Gasteiger partial charge in [-0.2, -0.15) is 5.26 Å². The van der Waals surface area contributed by atoms with Crippen LogP contribution >= 0.6 is 0 Å². The highest BCUT2D eigenvalue weighted by molar-refractivity contribution is 5.89. The first-order valence-corrected chi connectivity index (χ1v) is 7.08. The summed E-state index contributed by atoms with van der Waals surface area (Å²) in [4.78, 5) is 15.0. The van der Waals surface area contributed by atoms with Crippen LogP contribution in [0, 0.1) is 11.3 Å². The molecule has 0 aliphatic heterocycles. The van der Waals surface area contributed by atoms with Crippen LogP contribution in [0.25, 0.3) is 10.9 Å². The van der Waals surface area contributed by atoms with Gasteiger partial charge < -0.3 is 15.0 Å². The molecule has 1 atom stereocenters. The van der Waals surface area contributed by atoms with Gasteiger partial charge in [0.15, 0.2) is 0 Å². The molecule has 1 unspecified atom stereocenters. The number of nitrogens with one attached hydrogen (secondary N) is 2. The third kappa shape index (κ3) is 2.45. The number of carbonyl (C=O) groups excluding carboxylic acids is 1. The summed E-state index contributed by atoms with van der Waals surface area (Å²) in [5.41, 5.74) is 3.85. The highest BCUT2D eigenvalue weighted by Gasteiger charge is 2.27. The summed E-state index contributed by atoms with van der Waals surface area (Å²) in [7, 11) is 0. The van der Waals surface area contributed by atoms with E-state index in [1.165, 1.54) is 5.56 Å². The molecular formula is C16H17N3O2. The number of aromatic nitrogens is 1. The zero-order valence-corrected chi connectivity index (χ0v) is 12.1. The molecule has 0 saturated heterocycles. The number of benzene rings is 1. The molecular weight excluding hydrogens is 266 g/mol. The molecule has 21 heavy (non-hydrogen) atoms. The molecule has 0 bridgehead atoms. The van der Waals surface area contributed by atoms with Gasteiger partial charge in [-0.1, -0.05) is 12.1 Å². The van der Waals surface area contributed by atoms with Gasteiger partial charge in [-0.05, 0) is 31.9 Å². The number of H-pyrrole nitrogens is 1. The lowest BCUT2D eigenvalue weighted by Gasteiger charge is -2.14. The van der Waals surface area contributed by atoms with E-state index in [4.69, 9.17) is 10.00 Å². The second kappa shape index (κ2) is 5.13. The first-order chi connectivity index (χ1) is 10.1. The van der Waals surface area contributed by atoms with E-state index in [2.05, 4.69) is 16.4 Å². The van der Waals surface area contributed by atoms with Gasteiger partial charge in [0.05, 0.1) is 17.2 Å². The zero-order chi connectivity index (χ0) is 15.0. The lowest BCUT2D eigenvalue weighted by atomic mass is 10.1. The minimum atomic E-state index is -0.373. The summed E-state index contributed by atoms with van der Waals surface area (Å²) in [5.74, 6) is 0. The van der Waals surface area contributed by atoms with Crippen LogP contribution < -0.4 is 5.32 Å². The number of para-hydroxylation sites is 1. The van der Waals surface area contributed by atoms with Crippen LogP contribution in [0.2, 0.25) is 0 Å². The van der Waals surface area contributed by atoms with Crippen molar-refractivity contribution in [1.29, 1.82) is 5.26 Å². The molecule has 1 heterocycles. The first kappa shape index (κ1) is 13.5. The highest BCUT2D eigenvalue weighted by Crippen LogP contribution is 2.31. The normalized spacial score (nSPS) is 16.8. The van der Waals surface area contributed by atoms with Crippen molar-refractivity contribution in [2.24, 2.45) is 0 Å². The molecule has 5 nitrogen and oxygen atoms in total. The Balaban J connectivity index is 1.80. The molecule has 2 N–H and O–H groups in total. The number of rotatable bonds is 2. The van der Waals surface area contributed by atoms with Gasteiger partial charge in [0.1, 0.15) is 6.07 Å². The Morgan fingerprint density at radius 3 is 3.00 bits per heavy atom. The summed E-state index contributed by atoms with van der Waals surface area (Å²) in [6, 6.07) is 7.97. The molecule has 2 aromatic rings. The van der Waals surface area contributed by atoms with Crippen molar-refractivity contribution in [2.75, 3.05) is 0 Å². The largest absolute Gasteiger partial charge is 0.447 e. The zero-order valence-electron chi connectivity index (χ0n) is 12.1. The number of hydrogen-bond donors (Lipinski definition) is 2. The fraction of sp³-hybridized carbons (Fsp3) is 0.375. The number of carbonyl (C=O) groups is 1. The number of ether oxygens (including phenoxy) is 1. The van der Waals surface area contributed by atoms with Gasteiger partial charge >= 0.3 is 6.09 Å². The van der Waals surface area contributed by atoms with Crippen LogP contribution in [0.15, 0.2) is 18.2 Å². The van der Waals surface area contributed by atoms with E-state index >= 15 is 0 Å². The quantitative estimate of drug-likeness (QED) is 0.889. The van der Waals surface area contributed by atoms with Crippen LogP contribution in [0.4, 0.5) is 4.79 Å². The fourth-order valence-corrected chi connectivity index (χ4v) is 2.91. The minimum absolute atomic E-state index is 0.0487. The molecule has 1 aromatic heterocycles. The van der Waals surface area contributed by atoms with Gasteiger partial charge in [-0.3, -0.25) is 0 Å². The van der Waals surface area contributed by atoms with Crippen LogP contribution in [0.3, 0.4) is 0 Å². The van der Waals surface area contributed by atoms with E-state index in [0.29, 0.717) is 5.56 Å². The number of amides is 1. The summed E-state index contributed by atoms with van der Waals surface area (Å²) >= 11 is 0. The monoisotopic (exact) mass is 283 g/mol. The van der Waals surface area contributed by atoms with Crippen LogP contribution in [0.5, 0.6) is 0 Å². The molecule has 0 saturated carbocycles. The maximum absolute atomic E-state index is 11.7. The SMILES string of the molecule is CC(C)OC(=O)NC1Cc2[nH]c3c(C#N)cccc3c2C1. The molecule has 1 amide bonds. The van der Waals surface area contributed by atoms with Crippen molar-refractivity contribution in [3.63, 3.8) is 0 Å². The Morgan fingerprint density at radius 1 is 1.48 bits per heavy atom. The van der Waals surface area contributed by atoms with E-state index in [0.717, 1.165) is 29.4 Å². The lowest BCUT2D eigenvalue weighted by molar-refractivity contribution is 0.112. The Labute approximate surface area is 122 Å². The summed E-state index contributed by atoms with van der Waals surface area (Å²) < 4.78 is 5.11. The van der Waals surface area contributed by atoms with E-state index < -0.39 is 0 Å². The summed E-state index contributed by atoms with van der Waals surface area (Å²) in [6.45, 7) is 3.65. The van der Waals surface area contributed by atoms with E-state index in [-0.39, 0.29) is 18.2 Å². The molecule has 0 radical (unpaired) electrons. The van der Waals surface area contributed by atoms with Crippen LogP contribution in [0.1, 0.15) is 30.7 Å². The minimum Gasteiger partial charge on any atom is -0.447 e. The molecule has 0 fully saturated rings. The second-order valence-electron chi connectivity index (χ2n) is 5.63. The number of nitriles is 1. The molecule has 108 valence electrons. The lowest BCUT2D eigenvalue weighted by Crippen LogP contribution is -2.37. The topological polar surface area (TPSA) is 77.9 Å². The predicted molar refractivity (Wildman–Crippen MR) is 79.0 cm³/mol. The molecule has 3 rings (SSSR count). The maximum atomic E-state index is 11.7. The Morgan fingerprint density at radius 2 is 2.29 bits per heavy atom. The number of aromatic amines is 1. The Hall–Kier alpha value is -2.48. The molecule has 1 aromatic carbocycles. The van der Waals surface area contributed by atoms with Gasteiger partial charge in [-0.15, -0.1) is 0 Å². The molecule has 0 spiro atoms. The highest BCUT2D eigenvalue weighted by atomic mass is 16.6. The smallest absolute Gasteiger partial charge is 0.407 e. The first-order valence-electron chi connectivity index (χ1n) is 7.08. The molecule has 1 aliphatic rings. The van der Waals surface area contributed by atoms with Crippen molar-refractivity contribution < 1.29 is 9.53 Å². The third-order valence-electron chi connectivity index (χ3n) is 3.72.